The van der Waals surface area contributed by atoms with E-state index in [0.717, 1.165) is 0 Å². The van der Waals surface area contributed by atoms with Crippen LogP contribution in [0.2, 0.25) is 0 Å². The van der Waals surface area contributed by atoms with E-state index in [0.29, 0.717) is 16.3 Å². The first kappa shape index (κ1) is 14.8. The van der Waals surface area contributed by atoms with E-state index in [9.17, 15) is 14.4 Å². The second kappa shape index (κ2) is 5.78. The molecule has 21 heavy (non-hydrogen) atoms. The number of pyridine rings is 1. The summed E-state index contributed by atoms with van der Waals surface area (Å²) in [5, 5.41) is 3.56. The van der Waals surface area contributed by atoms with Gasteiger partial charge >= 0.3 is 5.97 Å². The Labute approximate surface area is 121 Å². The first-order valence-electron chi connectivity index (χ1n) is 6.42. The molecule has 0 aliphatic heterocycles. The molecule has 0 fully saturated rings. The lowest BCUT2D eigenvalue weighted by Crippen LogP contribution is -2.39. The van der Waals surface area contributed by atoms with Crippen LogP contribution in [0.3, 0.4) is 0 Å². The Hall–Kier alpha value is -2.63. The van der Waals surface area contributed by atoms with Crippen LogP contribution in [-0.2, 0) is 16.6 Å². The summed E-state index contributed by atoms with van der Waals surface area (Å²) < 4.78 is 5.92. The van der Waals surface area contributed by atoms with Gasteiger partial charge in [-0.1, -0.05) is 18.2 Å². The number of nitrogens with zero attached hydrogens (tertiary/aromatic N) is 1. The topological polar surface area (TPSA) is 77.4 Å². The molecule has 2 rings (SSSR count). The van der Waals surface area contributed by atoms with Crippen LogP contribution in [0, 0.1) is 0 Å². The van der Waals surface area contributed by atoms with Gasteiger partial charge in [-0.3, -0.25) is 9.59 Å². The molecule has 0 aliphatic rings. The highest BCUT2D eigenvalue weighted by molar-refractivity contribution is 6.07. The Morgan fingerprint density at radius 1 is 1.24 bits per heavy atom. The van der Waals surface area contributed by atoms with Crippen LogP contribution in [0.5, 0.6) is 0 Å². The molecule has 0 unspecified atom stereocenters. The largest absolute Gasteiger partial charge is 0.467 e. The third kappa shape index (κ3) is 2.79. The average molecular weight is 288 g/mol. The number of aromatic nitrogens is 1. The predicted molar refractivity (Wildman–Crippen MR) is 78.1 cm³/mol. The second-order valence-corrected chi connectivity index (χ2v) is 4.72. The average Bonchev–Trinajstić information content (AvgIpc) is 2.49. The molecule has 0 saturated carbocycles. The van der Waals surface area contributed by atoms with Crippen molar-refractivity contribution < 1.29 is 14.3 Å². The fourth-order valence-electron chi connectivity index (χ4n) is 2.11. The predicted octanol–water partition coefficient (Wildman–Crippen LogP) is 0.830. The number of carbonyl (C=O) groups excluding carboxylic acids is 2. The smallest absolute Gasteiger partial charge is 0.328 e. The molecule has 2 aromatic rings. The van der Waals surface area contributed by atoms with Crippen molar-refractivity contribution in [3.63, 3.8) is 0 Å². The van der Waals surface area contributed by atoms with Crippen molar-refractivity contribution in [3.05, 3.63) is 46.4 Å². The lowest BCUT2D eigenvalue weighted by molar-refractivity contribution is -0.142. The molecule has 0 radical (unpaired) electrons. The third-order valence-electron chi connectivity index (χ3n) is 3.24. The van der Waals surface area contributed by atoms with Gasteiger partial charge in [0.1, 0.15) is 6.04 Å². The number of hydrogen-bond acceptors (Lipinski definition) is 4. The van der Waals surface area contributed by atoms with Gasteiger partial charge in [0.05, 0.1) is 12.7 Å². The molecule has 1 amide bonds. The highest BCUT2D eigenvalue weighted by Gasteiger charge is 2.19. The van der Waals surface area contributed by atoms with Gasteiger partial charge in [-0.2, -0.15) is 0 Å². The Morgan fingerprint density at radius 2 is 1.86 bits per heavy atom. The van der Waals surface area contributed by atoms with Crippen molar-refractivity contribution in [1.29, 1.82) is 0 Å². The number of methoxy groups -OCH3 is 1. The molecular weight excluding hydrogens is 272 g/mol. The molecule has 0 aliphatic carbocycles. The summed E-state index contributed by atoms with van der Waals surface area (Å²) in [4.78, 5) is 35.7. The molecule has 0 bridgehead atoms. The molecule has 1 N–H and O–H groups in total. The van der Waals surface area contributed by atoms with Crippen molar-refractivity contribution in [3.8, 4) is 0 Å². The van der Waals surface area contributed by atoms with E-state index in [4.69, 9.17) is 0 Å². The van der Waals surface area contributed by atoms with Crippen LogP contribution >= 0.6 is 0 Å². The summed E-state index contributed by atoms with van der Waals surface area (Å²) >= 11 is 0. The normalized spacial score (nSPS) is 12.0. The van der Waals surface area contributed by atoms with Crippen molar-refractivity contribution in [2.24, 2.45) is 7.05 Å². The molecule has 6 heteroatoms. The number of fused-ring (bicyclic) bond motifs is 1. The monoisotopic (exact) mass is 288 g/mol. The maximum absolute atomic E-state index is 12.3. The highest BCUT2D eigenvalue weighted by atomic mass is 16.5. The first-order valence-corrected chi connectivity index (χ1v) is 6.42. The van der Waals surface area contributed by atoms with Crippen molar-refractivity contribution >= 4 is 22.6 Å². The Morgan fingerprint density at radius 3 is 2.48 bits per heavy atom. The summed E-state index contributed by atoms with van der Waals surface area (Å²) in [6.45, 7) is 1.54. The summed E-state index contributed by atoms with van der Waals surface area (Å²) in [6, 6.07) is 6.09. The van der Waals surface area contributed by atoms with E-state index in [2.05, 4.69) is 10.1 Å². The molecule has 1 aromatic carbocycles. The highest BCUT2D eigenvalue weighted by Crippen LogP contribution is 2.15. The zero-order chi connectivity index (χ0) is 15.6. The van der Waals surface area contributed by atoms with Crippen LogP contribution in [0.4, 0.5) is 0 Å². The van der Waals surface area contributed by atoms with Gasteiger partial charge in [-0.25, -0.2) is 4.79 Å². The number of esters is 1. The van der Waals surface area contributed by atoms with Crippen LogP contribution in [0.15, 0.2) is 35.3 Å². The quantitative estimate of drug-likeness (QED) is 0.849. The van der Waals surface area contributed by atoms with Gasteiger partial charge in [-0.15, -0.1) is 0 Å². The number of carbonyl (C=O) groups is 2. The standard InChI is InChI=1S/C15H16N2O4/c1-9(15(20)21-3)16-13(18)12-8-17(2)14(19)11-7-5-4-6-10(11)12/h4-9H,1-3H3,(H,16,18)/t9-/m0/s1. The van der Waals surface area contributed by atoms with Gasteiger partial charge in [0.15, 0.2) is 0 Å². The zero-order valence-electron chi connectivity index (χ0n) is 12.0. The van der Waals surface area contributed by atoms with E-state index in [1.165, 1.54) is 24.8 Å². The van der Waals surface area contributed by atoms with Gasteiger partial charge in [0.25, 0.3) is 11.5 Å². The number of ether oxygens (including phenoxy) is 1. The Kier molecular flexibility index (Phi) is 4.07. The molecule has 0 spiro atoms. The van der Waals surface area contributed by atoms with Crippen molar-refractivity contribution in [2.75, 3.05) is 7.11 Å². The molecule has 1 aromatic heterocycles. The van der Waals surface area contributed by atoms with Gasteiger partial charge in [0.2, 0.25) is 0 Å². The lowest BCUT2D eigenvalue weighted by atomic mass is 10.1. The molecular formula is C15H16N2O4. The molecule has 1 heterocycles. The molecule has 110 valence electrons. The first-order chi connectivity index (χ1) is 9.95. The van der Waals surface area contributed by atoms with Gasteiger partial charge in [-0.05, 0) is 13.0 Å². The summed E-state index contributed by atoms with van der Waals surface area (Å²) in [6.07, 6.45) is 1.46. The van der Waals surface area contributed by atoms with Gasteiger partial charge in [0, 0.05) is 24.0 Å². The fraction of sp³-hybridized carbons (Fsp3) is 0.267. The molecule has 1 atom stereocenters. The minimum Gasteiger partial charge on any atom is -0.467 e. The number of amides is 1. The number of rotatable bonds is 3. The molecule has 0 saturated heterocycles. The summed E-state index contributed by atoms with van der Waals surface area (Å²) in [5.74, 6) is -0.961. The van der Waals surface area contributed by atoms with Crippen LogP contribution < -0.4 is 10.9 Å². The zero-order valence-corrected chi connectivity index (χ0v) is 12.0. The second-order valence-electron chi connectivity index (χ2n) is 4.72. The van der Waals surface area contributed by atoms with Gasteiger partial charge < -0.3 is 14.6 Å². The van der Waals surface area contributed by atoms with E-state index in [1.54, 1.807) is 31.3 Å². The van der Waals surface area contributed by atoms with E-state index < -0.39 is 17.9 Å². The number of aryl methyl sites for hydroxylation is 1. The van der Waals surface area contributed by atoms with Crippen molar-refractivity contribution in [1.82, 2.24) is 9.88 Å². The maximum atomic E-state index is 12.3. The van der Waals surface area contributed by atoms with Crippen molar-refractivity contribution in [2.45, 2.75) is 13.0 Å². The van der Waals surface area contributed by atoms with Crippen LogP contribution in [-0.4, -0.2) is 29.6 Å². The number of hydrogen-bond donors (Lipinski definition) is 1. The Bertz CT molecular complexity index is 764. The lowest BCUT2D eigenvalue weighted by Gasteiger charge is -2.13. The summed E-state index contributed by atoms with van der Waals surface area (Å²) in [7, 11) is 2.84. The van der Waals surface area contributed by atoms with Crippen LogP contribution in [0.1, 0.15) is 17.3 Å². The molecule has 6 nitrogen and oxygen atoms in total. The third-order valence-corrected chi connectivity index (χ3v) is 3.24. The van der Waals surface area contributed by atoms with E-state index in [-0.39, 0.29) is 5.56 Å². The van der Waals surface area contributed by atoms with E-state index in [1.807, 2.05) is 0 Å². The summed E-state index contributed by atoms with van der Waals surface area (Å²) in [5.41, 5.74) is 0.159. The number of nitrogens with one attached hydrogen (secondary N) is 1. The van der Waals surface area contributed by atoms with Crippen LogP contribution in [0.25, 0.3) is 10.8 Å². The maximum Gasteiger partial charge on any atom is 0.328 e. The Balaban J connectivity index is 2.47. The number of benzene rings is 1. The fourth-order valence-corrected chi connectivity index (χ4v) is 2.11. The van der Waals surface area contributed by atoms with E-state index >= 15 is 0 Å². The SMILES string of the molecule is COC(=O)[C@H](C)NC(=O)c1cn(C)c(=O)c2ccccc12. The minimum atomic E-state index is -0.765. The minimum absolute atomic E-state index is 0.178.